The number of furan rings is 1. The summed E-state index contributed by atoms with van der Waals surface area (Å²) in [5.41, 5.74) is 1.13. The smallest absolute Gasteiger partial charge is 0.255 e. The molecular formula is C14H17N3O4S. The standard InChI is InChI=1S/C14H17N3O4S/c1-10-13(14(18)15-7-12-3-2-5-21-12)8-16-17(10)11-4-6-22(19,20)9-11/h2-3,5,8,11H,4,6-7,9H2,1H3,(H,15,18). The van der Waals surface area contributed by atoms with Gasteiger partial charge in [0.05, 0.1) is 42.1 Å². The summed E-state index contributed by atoms with van der Waals surface area (Å²) in [5.74, 6) is 0.682. The predicted octanol–water partition coefficient (Wildman–Crippen LogP) is 1.07. The number of carbonyl (C=O) groups is 1. The third kappa shape index (κ3) is 2.92. The lowest BCUT2D eigenvalue weighted by molar-refractivity contribution is 0.0947. The second-order valence-corrected chi connectivity index (χ2v) is 7.64. The first-order chi connectivity index (χ1) is 10.5. The van der Waals surface area contributed by atoms with Crippen LogP contribution in [0.4, 0.5) is 0 Å². The van der Waals surface area contributed by atoms with Crippen LogP contribution in [-0.2, 0) is 16.4 Å². The van der Waals surface area contributed by atoms with Gasteiger partial charge in [-0.05, 0) is 25.5 Å². The third-order valence-electron chi connectivity index (χ3n) is 3.85. The maximum atomic E-state index is 12.2. The Hall–Kier alpha value is -2.09. The molecule has 1 aliphatic heterocycles. The maximum absolute atomic E-state index is 12.2. The van der Waals surface area contributed by atoms with Gasteiger partial charge in [0, 0.05) is 5.69 Å². The number of carbonyl (C=O) groups excluding carboxylic acids is 1. The minimum absolute atomic E-state index is 0.0863. The number of rotatable bonds is 4. The summed E-state index contributed by atoms with van der Waals surface area (Å²) in [6.07, 6.45) is 3.57. The Kier molecular flexibility index (Phi) is 3.78. The molecule has 1 fully saturated rings. The molecule has 0 bridgehead atoms. The largest absolute Gasteiger partial charge is 0.467 e. The Morgan fingerprint density at radius 2 is 2.36 bits per heavy atom. The molecule has 0 spiro atoms. The van der Waals surface area contributed by atoms with Crippen LogP contribution in [0.5, 0.6) is 0 Å². The lowest BCUT2D eigenvalue weighted by Crippen LogP contribution is -2.23. The van der Waals surface area contributed by atoms with E-state index in [0.717, 1.165) is 0 Å². The molecule has 2 aromatic heterocycles. The van der Waals surface area contributed by atoms with Crippen molar-refractivity contribution in [3.8, 4) is 0 Å². The molecule has 2 aromatic rings. The summed E-state index contributed by atoms with van der Waals surface area (Å²) in [6.45, 7) is 2.08. The number of nitrogens with one attached hydrogen (secondary N) is 1. The van der Waals surface area contributed by atoms with E-state index in [1.807, 2.05) is 0 Å². The lowest BCUT2D eigenvalue weighted by Gasteiger charge is -2.11. The number of nitrogens with zero attached hydrogens (tertiary/aromatic N) is 2. The number of hydrogen-bond acceptors (Lipinski definition) is 5. The van der Waals surface area contributed by atoms with E-state index in [0.29, 0.717) is 30.0 Å². The molecule has 1 N–H and O–H groups in total. The lowest BCUT2D eigenvalue weighted by atomic mass is 10.2. The van der Waals surface area contributed by atoms with E-state index in [1.165, 1.54) is 6.20 Å². The van der Waals surface area contributed by atoms with Crippen LogP contribution in [0.25, 0.3) is 0 Å². The topological polar surface area (TPSA) is 94.2 Å². The molecule has 8 heteroatoms. The fourth-order valence-electron chi connectivity index (χ4n) is 2.66. The van der Waals surface area contributed by atoms with E-state index in [9.17, 15) is 13.2 Å². The number of hydrogen-bond donors (Lipinski definition) is 1. The van der Waals surface area contributed by atoms with Crippen LogP contribution >= 0.6 is 0 Å². The molecule has 22 heavy (non-hydrogen) atoms. The molecule has 1 saturated heterocycles. The fraction of sp³-hybridized carbons (Fsp3) is 0.429. The summed E-state index contributed by atoms with van der Waals surface area (Å²) in [7, 11) is -2.98. The van der Waals surface area contributed by atoms with Crippen molar-refractivity contribution in [2.24, 2.45) is 0 Å². The molecule has 1 aliphatic rings. The second kappa shape index (κ2) is 5.60. The van der Waals surface area contributed by atoms with Gasteiger partial charge in [-0.2, -0.15) is 5.10 Å². The van der Waals surface area contributed by atoms with Gasteiger partial charge in [0.1, 0.15) is 5.76 Å². The van der Waals surface area contributed by atoms with Gasteiger partial charge in [0.2, 0.25) is 0 Å². The highest BCUT2D eigenvalue weighted by atomic mass is 32.2. The van der Waals surface area contributed by atoms with E-state index in [-0.39, 0.29) is 23.5 Å². The molecule has 3 rings (SSSR count). The molecule has 118 valence electrons. The highest BCUT2D eigenvalue weighted by molar-refractivity contribution is 7.91. The molecule has 3 heterocycles. The predicted molar refractivity (Wildman–Crippen MR) is 79.2 cm³/mol. The summed E-state index contributed by atoms with van der Waals surface area (Å²) in [5, 5.41) is 6.96. The first-order valence-corrected chi connectivity index (χ1v) is 8.83. The van der Waals surface area contributed by atoms with Crippen LogP contribution in [0.3, 0.4) is 0 Å². The van der Waals surface area contributed by atoms with Crippen molar-refractivity contribution in [3.63, 3.8) is 0 Å². The van der Waals surface area contributed by atoms with Gasteiger partial charge in [-0.15, -0.1) is 0 Å². The average molecular weight is 323 g/mol. The third-order valence-corrected chi connectivity index (χ3v) is 5.60. The number of aromatic nitrogens is 2. The van der Waals surface area contributed by atoms with Crippen molar-refractivity contribution in [1.29, 1.82) is 0 Å². The van der Waals surface area contributed by atoms with Gasteiger partial charge in [0.15, 0.2) is 9.84 Å². The Labute approximate surface area is 128 Å². The van der Waals surface area contributed by atoms with Crippen LogP contribution in [0, 0.1) is 6.92 Å². The summed E-state index contributed by atoms with van der Waals surface area (Å²) >= 11 is 0. The number of sulfone groups is 1. The van der Waals surface area contributed by atoms with Crippen LogP contribution in [0.1, 0.15) is 34.3 Å². The van der Waals surface area contributed by atoms with E-state index < -0.39 is 9.84 Å². The quantitative estimate of drug-likeness (QED) is 0.908. The first kappa shape index (κ1) is 14.8. The highest BCUT2D eigenvalue weighted by Crippen LogP contribution is 2.25. The van der Waals surface area contributed by atoms with Crippen molar-refractivity contribution in [2.45, 2.75) is 25.9 Å². The molecule has 1 atom stereocenters. The van der Waals surface area contributed by atoms with Gasteiger partial charge in [0.25, 0.3) is 5.91 Å². The molecule has 1 unspecified atom stereocenters. The van der Waals surface area contributed by atoms with Crippen LogP contribution in [0.2, 0.25) is 0 Å². The minimum atomic E-state index is -2.98. The molecule has 0 radical (unpaired) electrons. The maximum Gasteiger partial charge on any atom is 0.255 e. The molecule has 0 aliphatic carbocycles. The molecular weight excluding hydrogens is 306 g/mol. The van der Waals surface area contributed by atoms with Crippen molar-refractivity contribution in [3.05, 3.63) is 41.6 Å². The Morgan fingerprint density at radius 1 is 1.55 bits per heavy atom. The molecule has 0 aromatic carbocycles. The van der Waals surface area contributed by atoms with Crippen LogP contribution in [0.15, 0.2) is 29.0 Å². The fourth-order valence-corrected chi connectivity index (χ4v) is 4.35. The highest BCUT2D eigenvalue weighted by Gasteiger charge is 2.31. The van der Waals surface area contributed by atoms with Gasteiger partial charge in [-0.25, -0.2) is 8.42 Å². The van der Waals surface area contributed by atoms with Gasteiger partial charge >= 0.3 is 0 Å². The Bertz CT molecular complexity index is 777. The Balaban J connectivity index is 1.71. The van der Waals surface area contributed by atoms with E-state index >= 15 is 0 Å². The zero-order valence-electron chi connectivity index (χ0n) is 12.2. The van der Waals surface area contributed by atoms with Crippen molar-refractivity contribution < 1.29 is 17.6 Å². The molecule has 7 nitrogen and oxygen atoms in total. The monoisotopic (exact) mass is 323 g/mol. The second-order valence-electron chi connectivity index (χ2n) is 5.41. The first-order valence-electron chi connectivity index (χ1n) is 7.01. The van der Waals surface area contributed by atoms with Gasteiger partial charge < -0.3 is 9.73 Å². The zero-order chi connectivity index (χ0) is 15.7. The SMILES string of the molecule is Cc1c(C(=O)NCc2ccco2)cnn1C1CCS(=O)(=O)C1. The Morgan fingerprint density at radius 3 is 3.00 bits per heavy atom. The number of amides is 1. The molecule has 0 saturated carbocycles. The van der Waals surface area contributed by atoms with Crippen LogP contribution < -0.4 is 5.32 Å². The summed E-state index contributed by atoms with van der Waals surface area (Å²) in [6, 6.07) is 3.35. The van der Waals surface area contributed by atoms with Crippen molar-refractivity contribution >= 4 is 15.7 Å². The minimum Gasteiger partial charge on any atom is -0.467 e. The van der Waals surface area contributed by atoms with Crippen LogP contribution in [-0.4, -0.2) is 35.6 Å². The molecule has 1 amide bonds. The van der Waals surface area contributed by atoms with E-state index in [2.05, 4.69) is 10.4 Å². The zero-order valence-corrected chi connectivity index (χ0v) is 13.0. The van der Waals surface area contributed by atoms with E-state index in [1.54, 1.807) is 30.0 Å². The average Bonchev–Trinajstić information content (AvgIpc) is 3.16. The van der Waals surface area contributed by atoms with E-state index in [4.69, 9.17) is 4.42 Å². The summed E-state index contributed by atoms with van der Waals surface area (Å²) in [4.78, 5) is 12.2. The summed E-state index contributed by atoms with van der Waals surface area (Å²) < 4.78 is 29.9. The van der Waals surface area contributed by atoms with Crippen molar-refractivity contribution in [1.82, 2.24) is 15.1 Å². The van der Waals surface area contributed by atoms with Gasteiger partial charge in [-0.1, -0.05) is 0 Å². The normalized spacial score (nSPS) is 20.1. The van der Waals surface area contributed by atoms with Crippen molar-refractivity contribution in [2.75, 3.05) is 11.5 Å². The van der Waals surface area contributed by atoms with Gasteiger partial charge in [-0.3, -0.25) is 9.48 Å².